The first-order valence-corrected chi connectivity index (χ1v) is 3.11. The summed E-state index contributed by atoms with van der Waals surface area (Å²) in [5, 5.41) is 3.70. The normalized spacial score (nSPS) is 13.6. The topological polar surface area (TPSA) is 38.9 Å². The lowest BCUT2D eigenvalue weighted by atomic mass is 10.1. The number of nitrogens with zero attached hydrogens (tertiary/aromatic N) is 2. The SMILES string of the molecule is CCC(C)c1ncon1. The lowest BCUT2D eigenvalue weighted by Gasteiger charge is -1.97. The highest BCUT2D eigenvalue weighted by atomic mass is 16.5. The van der Waals surface area contributed by atoms with Crippen LogP contribution >= 0.6 is 0 Å². The molecular weight excluding hydrogens is 116 g/mol. The monoisotopic (exact) mass is 126 g/mol. The van der Waals surface area contributed by atoms with Crippen LogP contribution in [0.5, 0.6) is 0 Å². The van der Waals surface area contributed by atoms with Gasteiger partial charge < -0.3 is 4.52 Å². The van der Waals surface area contributed by atoms with E-state index in [2.05, 4.69) is 28.5 Å². The Balaban J connectivity index is 2.65. The quantitative estimate of drug-likeness (QED) is 0.604. The van der Waals surface area contributed by atoms with E-state index in [0.29, 0.717) is 5.92 Å². The van der Waals surface area contributed by atoms with Crippen LogP contribution in [-0.4, -0.2) is 10.1 Å². The molecule has 0 fully saturated rings. The Bertz CT molecular complexity index is 160. The minimum atomic E-state index is 0.420. The van der Waals surface area contributed by atoms with Crippen LogP contribution in [0.25, 0.3) is 0 Å². The first-order chi connectivity index (χ1) is 4.34. The Morgan fingerprint density at radius 3 is 3.00 bits per heavy atom. The summed E-state index contributed by atoms with van der Waals surface area (Å²) >= 11 is 0. The largest absolute Gasteiger partial charge is 0.343 e. The van der Waals surface area contributed by atoms with Crippen LogP contribution in [0.3, 0.4) is 0 Å². The molecule has 0 aliphatic carbocycles. The molecule has 3 nitrogen and oxygen atoms in total. The van der Waals surface area contributed by atoms with Crippen molar-refractivity contribution in [3.63, 3.8) is 0 Å². The van der Waals surface area contributed by atoms with Gasteiger partial charge in [-0.25, -0.2) is 0 Å². The second kappa shape index (κ2) is 2.62. The van der Waals surface area contributed by atoms with Crippen molar-refractivity contribution < 1.29 is 4.52 Å². The van der Waals surface area contributed by atoms with Gasteiger partial charge in [0.2, 0.25) is 6.39 Å². The van der Waals surface area contributed by atoms with Crippen LogP contribution in [0.15, 0.2) is 10.9 Å². The molecule has 1 rings (SSSR count). The third kappa shape index (κ3) is 1.28. The zero-order chi connectivity index (χ0) is 6.69. The van der Waals surface area contributed by atoms with E-state index in [1.807, 2.05) is 0 Å². The van der Waals surface area contributed by atoms with Gasteiger partial charge in [0.25, 0.3) is 0 Å². The lowest BCUT2D eigenvalue weighted by molar-refractivity contribution is 0.405. The first kappa shape index (κ1) is 6.26. The summed E-state index contributed by atoms with van der Waals surface area (Å²) in [6.45, 7) is 4.17. The maximum atomic E-state index is 4.58. The van der Waals surface area contributed by atoms with Crippen molar-refractivity contribution in [2.24, 2.45) is 0 Å². The molecule has 0 aliphatic heterocycles. The number of rotatable bonds is 2. The van der Waals surface area contributed by atoms with Crippen LogP contribution in [0.4, 0.5) is 0 Å². The van der Waals surface area contributed by atoms with Gasteiger partial charge in [0.05, 0.1) is 0 Å². The van der Waals surface area contributed by atoms with Gasteiger partial charge in [-0.15, -0.1) is 0 Å². The summed E-state index contributed by atoms with van der Waals surface area (Å²) in [6, 6.07) is 0. The fourth-order valence-corrected chi connectivity index (χ4v) is 0.578. The van der Waals surface area contributed by atoms with Crippen molar-refractivity contribution in [2.75, 3.05) is 0 Å². The predicted molar refractivity (Wildman–Crippen MR) is 33.0 cm³/mol. The highest BCUT2D eigenvalue weighted by molar-refractivity contribution is 4.87. The standard InChI is InChI=1S/C6H10N2O/c1-3-5(2)6-7-4-9-8-6/h4-5H,3H2,1-2H3. The van der Waals surface area contributed by atoms with Crippen LogP contribution in [0.2, 0.25) is 0 Å². The summed E-state index contributed by atoms with van der Waals surface area (Å²) in [7, 11) is 0. The molecule has 1 aromatic heterocycles. The third-order valence-corrected chi connectivity index (χ3v) is 1.43. The molecule has 3 heteroatoms. The van der Waals surface area contributed by atoms with E-state index in [1.165, 1.54) is 6.39 Å². The van der Waals surface area contributed by atoms with Crippen molar-refractivity contribution in [1.82, 2.24) is 10.1 Å². The number of hydrogen-bond acceptors (Lipinski definition) is 3. The molecule has 50 valence electrons. The van der Waals surface area contributed by atoms with Gasteiger partial charge in [0.1, 0.15) is 0 Å². The van der Waals surface area contributed by atoms with Gasteiger partial charge in [-0.3, -0.25) is 0 Å². The first-order valence-electron chi connectivity index (χ1n) is 3.11. The van der Waals surface area contributed by atoms with Gasteiger partial charge in [-0.2, -0.15) is 4.98 Å². The van der Waals surface area contributed by atoms with Crippen molar-refractivity contribution >= 4 is 0 Å². The van der Waals surface area contributed by atoms with E-state index >= 15 is 0 Å². The summed E-state index contributed by atoms with van der Waals surface area (Å²) in [6.07, 6.45) is 2.42. The fourth-order valence-electron chi connectivity index (χ4n) is 0.578. The molecule has 0 aliphatic rings. The average molecular weight is 126 g/mol. The van der Waals surface area contributed by atoms with E-state index in [0.717, 1.165) is 12.2 Å². The molecule has 0 aromatic carbocycles. The van der Waals surface area contributed by atoms with E-state index < -0.39 is 0 Å². The lowest BCUT2D eigenvalue weighted by Crippen LogP contribution is -1.92. The maximum absolute atomic E-state index is 4.58. The molecule has 0 saturated heterocycles. The Morgan fingerprint density at radius 1 is 1.78 bits per heavy atom. The zero-order valence-electron chi connectivity index (χ0n) is 5.66. The molecule has 0 N–H and O–H groups in total. The van der Waals surface area contributed by atoms with E-state index in [4.69, 9.17) is 0 Å². The fraction of sp³-hybridized carbons (Fsp3) is 0.667. The van der Waals surface area contributed by atoms with E-state index in [9.17, 15) is 0 Å². The summed E-state index contributed by atoms with van der Waals surface area (Å²) in [4.78, 5) is 3.91. The van der Waals surface area contributed by atoms with E-state index in [1.54, 1.807) is 0 Å². The molecular formula is C6H10N2O. The van der Waals surface area contributed by atoms with E-state index in [-0.39, 0.29) is 0 Å². The van der Waals surface area contributed by atoms with Crippen molar-refractivity contribution in [2.45, 2.75) is 26.2 Å². The van der Waals surface area contributed by atoms with Crippen molar-refractivity contribution in [1.29, 1.82) is 0 Å². The molecule has 9 heavy (non-hydrogen) atoms. The zero-order valence-corrected chi connectivity index (χ0v) is 5.66. The molecule has 0 bridgehead atoms. The number of aromatic nitrogens is 2. The van der Waals surface area contributed by atoms with Crippen molar-refractivity contribution in [3.05, 3.63) is 12.2 Å². The number of hydrogen-bond donors (Lipinski definition) is 0. The second-order valence-electron chi connectivity index (χ2n) is 2.10. The molecule has 1 heterocycles. The minimum absolute atomic E-state index is 0.420. The summed E-state index contributed by atoms with van der Waals surface area (Å²) in [5.74, 6) is 1.22. The predicted octanol–water partition coefficient (Wildman–Crippen LogP) is 1.58. The molecule has 1 unspecified atom stereocenters. The van der Waals surface area contributed by atoms with Crippen molar-refractivity contribution in [3.8, 4) is 0 Å². The minimum Gasteiger partial charge on any atom is -0.343 e. The molecule has 0 radical (unpaired) electrons. The summed E-state index contributed by atoms with van der Waals surface area (Å²) in [5.41, 5.74) is 0. The molecule has 0 spiro atoms. The highest BCUT2D eigenvalue weighted by Gasteiger charge is 2.05. The van der Waals surface area contributed by atoms with Crippen LogP contribution < -0.4 is 0 Å². The summed E-state index contributed by atoms with van der Waals surface area (Å²) < 4.78 is 4.58. The second-order valence-corrected chi connectivity index (χ2v) is 2.10. The van der Waals surface area contributed by atoms with Crippen LogP contribution in [-0.2, 0) is 0 Å². The third-order valence-electron chi connectivity index (χ3n) is 1.43. The maximum Gasteiger partial charge on any atom is 0.213 e. The molecule has 0 amide bonds. The van der Waals surface area contributed by atoms with Gasteiger partial charge in [-0.05, 0) is 6.42 Å². The van der Waals surface area contributed by atoms with Crippen LogP contribution in [0, 0.1) is 0 Å². The smallest absolute Gasteiger partial charge is 0.213 e. The average Bonchev–Trinajstić information content (AvgIpc) is 2.37. The Hall–Kier alpha value is -0.860. The highest BCUT2D eigenvalue weighted by Crippen LogP contribution is 2.12. The Kier molecular flexibility index (Phi) is 1.82. The van der Waals surface area contributed by atoms with Gasteiger partial charge in [-0.1, -0.05) is 19.0 Å². The van der Waals surface area contributed by atoms with Gasteiger partial charge >= 0.3 is 0 Å². The molecule has 0 saturated carbocycles. The van der Waals surface area contributed by atoms with Gasteiger partial charge in [0, 0.05) is 5.92 Å². The Labute approximate surface area is 54.1 Å². The Morgan fingerprint density at radius 2 is 2.56 bits per heavy atom. The van der Waals surface area contributed by atoms with Gasteiger partial charge in [0.15, 0.2) is 5.82 Å². The van der Waals surface area contributed by atoms with Crippen LogP contribution in [0.1, 0.15) is 32.0 Å². The molecule has 1 atom stereocenters. The molecule has 1 aromatic rings.